The van der Waals surface area contributed by atoms with Crippen molar-refractivity contribution in [2.75, 3.05) is 6.61 Å². The van der Waals surface area contributed by atoms with E-state index in [0.29, 0.717) is 12.2 Å². The molecule has 1 rings (SSSR count). The fourth-order valence-corrected chi connectivity index (χ4v) is 3.03. The molecule has 0 heterocycles. The minimum atomic E-state index is -3.52. The minimum Gasteiger partial charge on any atom is -0.484 e. The van der Waals surface area contributed by atoms with Gasteiger partial charge in [-0.25, -0.2) is 13.1 Å². The molecule has 2 N–H and O–H groups in total. The monoisotopic (exact) mass is 342 g/mol. The molecule has 1 aromatic rings. The smallest absolute Gasteiger partial charge is 0.258 e. The molecule has 0 aliphatic rings. The Morgan fingerprint density at radius 2 is 1.65 bits per heavy atom. The van der Waals surface area contributed by atoms with Crippen molar-refractivity contribution in [3.05, 3.63) is 24.3 Å². The molecule has 0 fully saturated rings. The first kappa shape index (κ1) is 19.4. The van der Waals surface area contributed by atoms with Crippen LogP contribution in [0.25, 0.3) is 0 Å². The summed E-state index contributed by atoms with van der Waals surface area (Å²) in [5, 5.41) is 2.79. The molecule has 0 spiro atoms. The van der Waals surface area contributed by atoms with Gasteiger partial charge in [0.25, 0.3) is 5.91 Å². The van der Waals surface area contributed by atoms with Gasteiger partial charge in [0.2, 0.25) is 10.0 Å². The van der Waals surface area contributed by atoms with Crippen molar-refractivity contribution in [3.8, 4) is 5.75 Å². The van der Waals surface area contributed by atoms with E-state index in [1.165, 1.54) is 12.1 Å². The first-order valence-electron chi connectivity index (χ1n) is 7.83. The van der Waals surface area contributed by atoms with Crippen molar-refractivity contribution in [1.29, 1.82) is 0 Å². The molecule has 2 atom stereocenters. The van der Waals surface area contributed by atoms with E-state index in [4.69, 9.17) is 4.74 Å². The Hall–Kier alpha value is -1.60. The van der Waals surface area contributed by atoms with Crippen molar-refractivity contribution in [2.24, 2.45) is 0 Å². The van der Waals surface area contributed by atoms with Crippen LogP contribution in [0.5, 0.6) is 5.75 Å². The molecule has 6 nitrogen and oxygen atoms in total. The van der Waals surface area contributed by atoms with E-state index in [1.54, 1.807) is 12.1 Å². The molecule has 0 aliphatic carbocycles. The Bertz CT molecular complexity index is 599. The van der Waals surface area contributed by atoms with E-state index in [9.17, 15) is 13.2 Å². The summed E-state index contributed by atoms with van der Waals surface area (Å²) >= 11 is 0. The molecule has 0 bridgehead atoms. The summed E-state index contributed by atoms with van der Waals surface area (Å²) in [5.41, 5.74) is 0. The predicted octanol–water partition coefficient (Wildman–Crippen LogP) is 2.06. The van der Waals surface area contributed by atoms with Gasteiger partial charge in [0.1, 0.15) is 5.75 Å². The van der Waals surface area contributed by atoms with Gasteiger partial charge in [0.05, 0.1) is 4.90 Å². The molecule has 1 aromatic carbocycles. The normalized spacial score (nSPS) is 14.1. The second kappa shape index (κ2) is 8.88. The van der Waals surface area contributed by atoms with Crippen LogP contribution < -0.4 is 14.8 Å². The Labute approximate surface area is 138 Å². The van der Waals surface area contributed by atoms with E-state index in [2.05, 4.69) is 10.0 Å². The summed E-state index contributed by atoms with van der Waals surface area (Å²) in [6, 6.07) is 5.99. The number of ether oxygens (including phenoxy) is 1. The van der Waals surface area contributed by atoms with Gasteiger partial charge in [-0.2, -0.15) is 0 Å². The van der Waals surface area contributed by atoms with Crippen LogP contribution in [0.4, 0.5) is 0 Å². The SMILES string of the molecule is CC[C@H](C)NC(=O)COc1ccc(S(=O)(=O)N[C@@H](C)CC)cc1. The summed E-state index contributed by atoms with van der Waals surface area (Å²) in [6.45, 7) is 7.53. The summed E-state index contributed by atoms with van der Waals surface area (Å²) in [6.07, 6.45) is 1.56. The molecule has 23 heavy (non-hydrogen) atoms. The van der Waals surface area contributed by atoms with Gasteiger partial charge in [-0.1, -0.05) is 13.8 Å². The van der Waals surface area contributed by atoms with E-state index in [1.807, 2.05) is 27.7 Å². The van der Waals surface area contributed by atoms with Crippen LogP contribution >= 0.6 is 0 Å². The van der Waals surface area contributed by atoms with Crippen LogP contribution in [0.3, 0.4) is 0 Å². The van der Waals surface area contributed by atoms with Gasteiger partial charge in [0, 0.05) is 12.1 Å². The van der Waals surface area contributed by atoms with E-state index in [0.717, 1.165) is 6.42 Å². The first-order chi connectivity index (χ1) is 10.8. The fourth-order valence-electron chi connectivity index (χ4n) is 1.70. The van der Waals surface area contributed by atoms with E-state index < -0.39 is 10.0 Å². The van der Waals surface area contributed by atoms with Crippen LogP contribution in [0.2, 0.25) is 0 Å². The van der Waals surface area contributed by atoms with Crippen molar-refractivity contribution in [2.45, 2.75) is 57.5 Å². The van der Waals surface area contributed by atoms with E-state index >= 15 is 0 Å². The summed E-state index contributed by atoms with van der Waals surface area (Å²) in [5.74, 6) is 0.251. The molecule has 0 saturated heterocycles. The zero-order chi connectivity index (χ0) is 17.5. The standard InChI is InChI=1S/C16H26N2O4S/c1-5-12(3)17-16(19)11-22-14-7-9-15(10-8-14)23(20,21)18-13(4)6-2/h7-10,12-13,18H,5-6,11H2,1-4H3,(H,17,19)/t12-,13-/m0/s1. The number of rotatable bonds is 9. The fraction of sp³-hybridized carbons (Fsp3) is 0.562. The Morgan fingerprint density at radius 3 is 2.17 bits per heavy atom. The third-order valence-corrected chi connectivity index (χ3v) is 5.10. The Balaban J connectivity index is 2.61. The third kappa shape index (κ3) is 6.58. The zero-order valence-corrected chi connectivity index (χ0v) is 14.9. The first-order valence-corrected chi connectivity index (χ1v) is 9.31. The maximum Gasteiger partial charge on any atom is 0.258 e. The number of carbonyl (C=O) groups is 1. The van der Waals surface area contributed by atoms with Gasteiger partial charge in [0.15, 0.2) is 6.61 Å². The summed E-state index contributed by atoms with van der Waals surface area (Å²) < 4.78 is 32.2. The van der Waals surface area contributed by atoms with Crippen LogP contribution in [0, 0.1) is 0 Å². The quantitative estimate of drug-likeness (QED) is 0.719. The molecule has 130 valence electrons. The van der Waals surface area contributed by atoms with Crippen molar-refractivity contribution in [3.63, 3.8) is 0 Å². The highest BCUT2D eigenvalue weighted by molar-refractivity contribution is 7.89. The summed E-state index contributed by atoms with van der Waals surface area (Å²) in [4.78, 5) is 11.8. The molecule has 0 aliphatic heterocycles. The van der Waals surface area contributed by atoms with Gasteiger partial charge in [-0.15, -0.1) is 0 Å². The lowest BCUT2D eigenvalue weighted by Crippen LogP contribution is -2.35. The number of carbonyl (C=O) groups excluding carboxylic acids is 1. The predicted molar refractivity (Wildman–Crippen MR) is 89.9 cm³/mol. The molecule has 0 unspecified atom stereocenters. The Morgan fingerprint density at radius 1 is 1.09 bits per heavy atom. The maximum absolute atomic E-state index is 12.1. The Kier molecular flexibility index (Phi) is 7.51. The average molecular weight is 342 g/mol. The highest BCUT2D eigenvalue weighted by Gasteiger charge is 2.16. The molecule has 1 amide bonds. The van der Waals surface area contributed by atoms with Gasteiger partial charge in [-0.05, 0) is 51.0 Å². The summed E-state index contributed by atoms with van der Waals surface area (Å²) in [7, 11) is -3.52. The number of sulfonamides is 1. The second-order valence-corrected chi connectivity index (χ2v) is 7.28. The molecule has 0 saturated carbocycles. The van der Waals surface area contributed by atoms with Crippen LogP contribution in [-0.4, -0.2) is 33.0 Å². The highest BCUT2D eigenvalue weighted by atomic mass is 32.2. The number of hydrogen-bond acceptors (Lipinski definition) is 4. The van der Waals surface area contributed by atoms with Crippen LogP contribution in [-0.2, 0) is 14.8 Å². The topological polar surface area (TPSA) is 84.5 Å². The minimum absolute atomic E-state index is 0.0957. The average Bonchev–Trinajstić information content (AvgIpc) is 2.52. The lowest BCUT2D eigenvalue weighted by Gasteiger charge is -2.13. The van der Waals surface area contributed by atoms with Crippen molar-refractivity contribution < 1.29 is 17.9 Å². The molecular formula is C16H26N2O4S. The molecular weight excluding hydrogens is 316 g/mol. The molecule has 7 heteroatoms. The van der Waals surface area contributed by atoms with Gasteiger partial charge < -0.3 is 10.1 Å². The second-order valence-electron chi connectivity index (χ2n) is 5.57. The third-order valence-electron chi connectivity index (χ3n) is 3.49. The molecule has 0 aromatic heterocycles. The van der Waals surface area contributed by atoms with Crippen LogP contribution in [0.15, 0.2) is 29.2 Å². The zero-order valence-electron chi connectivity index (χ0n) is 14.1. The number of nitrogens with one attached hydrogen (secondary N) is 2. The number of amides is 1. The van der Waals surface area contributed by atoms with Crippen LogP contribution in [0.1, 0.15) is 40.5 Å². The maximum atomic E-state index is 12.1. The highest BCUT2D eigenvalue weighted by Crippen LogP contribution is 2.16. The molecule has 0 radical (unpaired) electrons. The number of hydrogen-bond donors (Lipinski definition) is 2. The van der Waals surface area contributed by atoms with Gasteiger partial charge >= 0.3 is 0 Å². The number of benzene rings is 1. The van der Waals surface area contributed by atoms with E-state index in [-0.39, 0.29) is 29.5 Å². The lowest BCUT2D eigenvalue weighted by atomic mass is 10.2. The lowest BCUT2D eigenvalue weighted by molar-refractivity contribution is -0.123. The van der Waals surface area contributed by atoms with Gasteiger partial charge in [-0.3, -0.25) is 4.79 Å². The van der Waals surface area contributed by atoms with Crippen molar-refractivity contribution in [1.82, 2.24) is 10.0 Å². The van der Waals surface area contributed by atoms with Crippen molar-refractivity contribution >= 4 is 15.9 Å². The largest absolute Gasteiger partial charge is 0.484 e.